The Kier molecular flexibility index (Phi) is 11.5. The summed E-state index contributed by atoms with van der Waals surface area (Å²) in [5.74, 6) is 1.98. The van der Waals surface area contributed by atoms with Crippen LogP contribution in [0.25, 0.3) is 0 Å². The quantitative estimate of drug-likeness (QED) is 0.118. The first-order valence-corrected chi connectivity index (χ1v) is 20.5. The fraction of sp³-hybridized carbons (Fsp3) is 0.864. The van der Waals surface area contributed by atoms with Crippen molar-refractivity contribution in [2.75, 3.05) is 6.61 Å². The maximum atomic E-state index is 12.4. The minimum absolute atomic E-state index is 0.184. The topological polar surface area (TPSA) is 105 Å². The molecule has 0 bridgehead atoms. The van der Waals surface area contributed by atoms with Crippen LogP contribution < -0.4 is 0 Å². The van der Waals surface area contributed by atoms with Gasteiger partial charge in [0, 0.05) is 27.7 Å². The third kappa shape index (κ3) is 7.00. The van der Waals surface area contributed by atoms with Gasteiger partial charge in [-0.3, -0.25) is 19.2 Å². The molecule has 0 saturated heterocycles. The lowest BCUT2D eigenvalue weighted by Crippen LogP contribution is -2.64. The summed E-state index contributed by atoms with van der Waals surface area (Å²) in [4.78, 5) is 48.4. The largest absolute Gasteiger partial charge is 0.462 e. The molecule has 0 heterocycles. The highest BCUT2D eigenvalue weighted by molar-refractivity contribution is 5.68. The second-order valence-electron chi connectivity index (χ2n) is 19.6. The highest BCUT2D eigenvalue weighted by Gasteiger charge is 2.69. The summed E-state index contributed by atoms with van der Waals surface area (Å²) in [6, 6.07) is 0. The Morgan fingerprint density at radius 1 is 0.692 bits per heavy atom. The minimum atomic E-state index is -1.11. The van der Waals surface area contributed by atoms with E-state index in [1.54, 1.807) is 0 Å². The predicted octanol–water partition coefficient (Wildman–Crippen LogP) is 9.27. The fourth-order valence-corrected chi connectivity index (χ4v) is 13.7. The van der Waals surface area contributed by atoms with E-state index >= 15 is 0 Å². The van der Waals surface area contributed by atoms with Crippen LogP contribution in [-0.2, 0) is 38.1 Å². The molecule has 294 valence electrons. The van der Waals surface area contributed by atoms with Crippen LogP contribution in [0, 0.1) is 68.5 Å². The molecular weight excluding hydrogens is 656 g/mol. The SMILES string of the molecule is CC(=O)OC[C@H](OC(C)=O)[C@H](OC(C)=O)[C@@H](CC[C@@H](C)[C@H]1CC[C@]2(C)[C@H]3CC[C@H]4[C@@]5(C)CC[C@H](C)C(C)(C)[C@H]5C=C[C@@]4(C)[C@]3(C)CC[C@@H]12)OC(C)=O. The normalized spacial score (nSPS) is 41.1. The van der Waals surface area contributed by atoms with Gasteiger partial charge in [-0.2, -0.15) is 0 Å². The fourth-order valence-electron chi connectivity index (χ4n) is 13.7. The zero-order valence-electron chi connectivity index (χ0n) is 34.5. The highest BCUT2D eigenvalue weighted by atomic mass is 16.6. The second kappa shape index (κ2) is 14.7. The van der Waals surface area contributed by atoms with Crippen molar-refractivity contribution < 1.29 is 38.1 Å². The average Bonchev–Trinajstić information content (AvgIpc) is 3.39. The number of rotatable bonds is 11. The molecule has 52 heavy (non-hydrogen) atoms. The monoisotopic (exact) mass is 727 g/mol. The van der Waals surface area contributed by atoms with Crippen molar-refractivity contribution >= 4 is 23.9 Å². The zero-order valence-corrected chi connectivity index (χ0v) is 34.5. The van der Waals surface area contributed by atoms with Crippen LogP contribution in [0.15, 0.2) is 12.2 Å². The zero-order chi connectivity index (χ0) is 38.6. The van der Waals surface area contributed by atoms with Gasteiger partial charge in [-0.1, -0.05) is 67.5 Å². The van der Waals surface area contributed by atoms with Crippen molar-refractivity contribution in [1.29, 1.82) is 0 Å². The van der Waals surface area contributed by atoms with Gasteiger partial charge in [-0.25, -0.2) is 0 Å². The van der Waals surface area contributed by atoms with Crippen molar-refractivity contribution in [3.63, 3.8) is 0 Å². The third-order valence-corrected chi connectivity index (χ3v) is 16.7. The first-order chi connectivity index (χ1) is 24.1. The summed E-state index contributed by atoms with van der Waals surface area (Å²) in [5.41, 5.74) is 1.36. The molecule has 14 atom stereocenters. The summed E-state index contributed by atoms with van der Waals surface area (Å²) >= 11 is 0. The van der Waals surface area contributed by atoms with E-state index in [0.717, 1.165) is 12.3 Å². The van der Waals surface area contributed by atoms with Gasteiger partial charge in [0.25, 0.3) is 0 Å². The predicted molar refractivity (Wildman–Crippen MR) is 201 cm³/mol. The lowest BCUT2D eigenvalue weighted by Gasteiger charge is -2.71. The Morgan fingerprint density at radius 2 is 1.29 bits per heavy atom. The minimum Gasteiger partial charge on any atom is -0.462 e. The van der Waals surface area contributed by atoms with E-state index in [0.29, 0.717) is 52.8 Å². The van der Waals surface area contributed by atoms with Gasteiger partial charge in [-0.05, 0) is 133 Å². The van der Waals surface area contributed by atoms with Crippen LogP contribution in [0.5, 0.6) is 0 Å². The van der Waals surface area contributed by atoms with E-state index in [1.165, 1.54) is 79.1 Å². The van der Waals surface area contributed by atoms with Crippen LogP contribution in [0.4, 0.5) is 0 Å². The summed E-state index contributed by atoms with van der Waals surface area (Å²) in [5, 5.41) is 0. The molecule has 5 aliphatic rings. The van der Waals surface area contributed by atoms with Crippen molar-refractivity contribution in [1.82, 2.24) is 0 Å². The van der Waals surface area contributed by atoms with Gasteiger partial charge in [-0.15, -0.1) is 0 Å². The number of allylic oxidation sites excluding steroid dienone is 2. The molecule has 4 saturated carbocycles. The van der Waals surface area contributed by atoms with Crippen LogP contribution >= 0.6 is 0 Å². The van der Waals surface area contributed by atoms with E-state index in [-0.39, 0.29) is 22.9 Å². The lowest BCUT2D eigenvalue weighted by atomic mass is 9.33. The average molecular weight is 727 g/mol. The molecule has 0 unspecified atom stereocenters. The van der Waals surface area contributed by atoms with E-state index < -0.39 is 42.2 Å². The van der Waals surface area contributed by atoms with Crippen molar-refractivity contribution in [3.8, 4) is 0 Å². The van der Waals surface area contributed by atoms with Gasteiger partial charge in [0.15, 0.2) is 12.2 Å². The van der Waals surface area contributed by atoms with Gasteiger partial charge in [0.2, 0.25) is 0 Å². The van der Waals surface area contributed by atoms with Crippen LogP contribution in [0.2, 0.25) is 0 Å². The Morgan fingerprint density at radius 3 is 1.90 bits per heavy atom. The number of hydrogen-bond acceptors (Lipinski definition) is 8. The van der Waals surface area contributed by atoms with Crippen LogP contribution in [0.3, 0.4) is 0 Å². The number of hydrogen-bond donors (Lipinski definition) is 0. The molecule has 8 heteroatoms. The molecule has 4 fully saturated rings. The van der Waals surface area contributed by atoms with Crippen molar-refractivity contribution in [2.24, 2.45) is 68.5 Å². The molecule has 0 N–H and O–H groups in total. The smallest absolute Gasteiger partial charge is 0.303 e. The first kappa shape index (κ1) is 40.8. The molecule has 8 nitrogen and oxygen atoms in total. The molecule has 5 rings (SSSR count). The Hall–Kier alpha value is -2.38. The Balaban J connectivity index is 1.35. The van der Waals surface area contributed by atoms with Crippen molar-refractivity contribution in [3.05, 3.63) is 12.2 Å². The summed E-state index contributed by atoms with van der Waals surface area (Å²) in [6.45, 7) is 25.2. The molecule has 0 amide bonds. The molecule has 0 aliphatic heterocycles. The summed E-state index contributed by atoms with van der Waals surface area (Å²) < 4.78 is 22.1. The standard InChI is InChI=1S/C44H70O8/c1-26(13-14-34(50-29(4)46)39(52-31(6)48)35(51-30(5)47)25-49-28(3)45)32-18-22-41(9)33(32)19-23-43(11)37(41)15-16-38-42(10)21-17-27(2)40(7,8)36(42)20-24-44(38,43)12/h20,24,26-27,32-39H,13-19,21-23,25H2,1-12H3/t26-,27+,32-,33+,34-,35+,36-,37-,38+,39-,41+,42+,43-,44-/m1/s1. The van der Waals surface area contributed by atoms with Gasteiger partial charge >= 0.3 is 23.9 Å². The summed E-state index contributed by atoms with van der Waals surface area (Å²) in [7, 11) is 0. The van der Waals surface area contributed by atoms with Crippen LogP contribution in [-0.4, -0.2) is 48.8 Å². The van der Waals surface area contributed by atoms with E-state index in [2.05, 4.69) is 67.5 Å². The highest BCUT2D eigenvalue weighted by Crippen LogP contribution is 2.77. The third-order valence-electron chi connectivity index (χ3n) is 16.7. The lowest BCUT2D eigenvalue weighted by molar-refractivity contribution is -0.202. The number of ether oxygens (including phenoxy) is 4. The number of fused-ring (bicyclic) bond motifs is 7. The van der Waals surface area contributed by atoms with Crippen LogP contribution in [0.1, 0.15) is 147 Å². The maximum Gasteiger partial charge on any atom is 0.303 e. The first-order valence-electron chi connectivity index (χ1n) is 20.5. The Bertz CT molecular complexity index is 1400. The van der Waals surface area contributed by atoms with Gasteiger partial charge in [0.05, 0.1) is 0 Å². The van der Waals surface area contributed by atoms with Crippen molar-refractivity contribution in [2.45, 2.75) is 166 Å². The number of esters is 4. The second-order valence-corrected chi connectivity index (χ2v) is 19.6. The summed E-state index contributed by atoms with van der Waals surface area (Å²) in [6.07, 6.45) is 13.7. The molecule has 0 spiro atoms. The molecule has 0 aromatic carbocycles. The molecule has 0 aromatic rings. The maximum absolute atomic E-state index is 12.4. The van der Waals surface area contributed by atoms with Gasteiger partial charge < -0.3 is 18.9 Å². The number of carbonyl (C=O) groups excluding carboxylic acids is 4. The van der Waals surface area contributed by atoms with E-state index in [1.807, 2.05) is 0 Å². The molecule has 0 aromatic heterocycles. The molecule has 5 aliphatic carbocycles. The molecule has 0 radical (unpaired) electrons. The number of carbonyl (C=O) groups is 4. The van der Waals surface area contributed by atoms with Gasteiger partial charge in [0.1, 0.15) is 12.7 Å². The Labute approximate surface area is 314 Å². The molecular formula is C44H70O8. The van der Waals surface area contributed by atoms with E-state index in [9.17, 15) is 19.2 Å². The van der Waals surface area contributed by atoms with E-state index in [4.69, 9.17) is 18.9 Å².